The lowest BCUT2D eigenvalue weighted by Gasteiger charge is -2.10. The third kappa shape index (κ3) is 2.66. The largest absolute Gasteiger partial charge is 0.508 e. The highest BCUT2D eigenvalue weighted by Crippen LogP contribution is 2.17. The maximum Gasteiger partial charge on any atom is 0.508 e. The molecule has 0 spiro atoms. The maximum absolute atomic E-state index is 10.7. The van der Waals surface area contributed by atoms with Gasteiger partial charge < -0.3 is 14.2 Å². The molecule has 1 unspecified atom stereocenters. The molecule has 4 heteroatoms. The molecule has 1 atom stereocenters. The van der Waals surface area contributed by atoms with E-state index in [1.54, 1.807) is 0 Å². The predicted molar refractivity (Wildman–Crippen MR) is 57.6 cm³/mol. The van der Waals surface area contributed by atoms with Crippen molar-refractivity contribution in [2.45, 2.75) is 20.0 Å². The fourth-order valence-corrected chi connectivity index (χ4v) is 1.65. The second-order valence-electron chi connectivity index (χ2n) is 3.94. The molecule has 1 aromatic carbocycles. The Morgan fingerprint density at radius 1 is 1.31 bits per heavy atom. The van der Waals surface area contributed by atoms with E-state index in [2.05, 4.69) is 10.8 Å². The maximum atomic E-state index is 10.7. The minimum atomic E-state index is -0.617. The van der Waals surface area contributed by atoms with Crippen molar-refractivity contribution in [3.8, 4) is 5.75 Å². The van der Waals surface area contributed by atoms with Crippen LogP contribution in [0.2, 0.25) is 0 Å². The fourth-order valence-electron chi connectivity index (χ4n) is 1.65. The van der Waals surface area contributed by atoms with Crippen molar-refractivity contribution in [2.24, 2.45) is 0 Å². The molecular weight excluding hydrogens is 208 g/mol. The van der Waals surface area contributed by atoms with Crippen LogP contribution in [0.15, 0.2) is 18.2 Å². The first-order valence-corrected chi connectivity index (χ1v) is 5.18. The van der Waals surface area contributed by atoms with Crippen molar-refractivity contribution in [3.05, 3.63) is 29.3 Å². The van der Waals surface area contributed by atoms with Crippen LogP contribution in [0.25, 0.3) is 0 Å². The van der Waals surface area contributed by atoms with Gasteiger partial charge in [-0.15, -0.1) is 0 Å². The van der Waals surface area contributed by atoms with Gasteiger partial charge in [-0.25, -0.2) is 4.79 Å². The Hall–Kier alpha value is -1.71. The lowest BCUT2D eigenvalue weighted by Crippen LogP contribution is -2.20. The molecule has 86 valence electrons. The lowest BCUT2D eigenvalue weighted by atomic mass is 10.1. The molecule has 1 heterocycles. The van der Waals surface area contributed by atoms with Crippen LogP contribution in [0, 0.1) is 13.8 Å². The standard InChI is InChI=1S/C12H14O4/c1-8-3-9(2)5-10(4-8)14-6-11-7-15-12(13)16-11/h3-5,11H,6-7H2,1-2H3. The summed E-state index contributed by atoms with van der Waals surface area (Å²) in [6.45, 7) is 4.62. The summed E-state index contributed by atoms with van der Waals surface area (Å²) in [4.78, 5) is 10.7. The molecule has 0 radical (unpaired) electrons. The first-order valence-electron chi connectivity index (χ1n) is 5.18. The predicted octanol–water partition coefficient (Wildman–Crippen LogP) is 2.22. The molecule has 2 rings (SSSR count). The van der Waals surface area contributed by atoms with Gasteiger partial charge in [-0.05, 0) is 37.1 Å². The van der Waals surface area contributed by atoms with E-state index in [1.807, 2.05) is 26.0 Å². The summed E-state index contributed by atoms with van der Waals surface area (Å²) >= 11 is 0. The zero-order valence-electron chi connectivity index (χ0n) is 9.36. The fraction of sp³-hybridized carbons (Fsp3) is 0.417. The quantitative estimate of drug-likeness (QED) is 0.735. The van der Waals surface area contributed by atoms with Crippen molar-refractivity contribution in [3.63, 3.8) is 0 Å². The number of hydrogen-bond donors (Lipinski definition) is 0. The molecule has 1 saturated heterocycles. The van der Waals surface area contributed by atoms with Crippen LogP contribution in [0.3, 0.4) is 0 Å². The molecule has 0 bridgehead atoms. The van der Waals surface area contributed by atoms with Gasteiger partial charge in [0.2, 0.25) is 0 Å². The van der Waals surface area contributed by atoms with Gasteiger partial charge in [-0.1, -0.05) is 6.07 Å². The number of ether oxygens (including phenoxy) is 3. The van der Waals surface area contributed by atoms with Crippen LogP contribution in [-0.2, 0) is 9.47 Å². The van der Waals surface area contributed by atoms with Gasteiger partial charge in [0, 0.05) is 0 Å². The van der Waals surface area contributed by atoms with E-state index < -0.39 is 6.16 Å². The molecule has 1 aliphatic heterocycles. The van der Waals surface area contributed by atoms with Crippen LogP contribution >= 0.6 is 0 Å². The highest BCUT2D eigenvalue weighted by molar-refractivity contribution is 5.61. The third-order valence-electron chi connectivity index (χ3n) is 2.28. The van der Waals surface area contributed by atoms with E-state index in [9.17, 15) is 4.79 Å². The molecule has 0 amide bonds. The first kappa shape index (κ1) is 10.8. The molecule has 0 saturated carbocycles. The van der Waals surface area contributed by atoms with Crippen LogP contribution < -0.4 is 4.74 Å². The first-order chi connectivity index (χ1) is 7.63. The van der Waals surface area contributed by atoms with Crippen LogP contribution in [0.1, 0.15) is 11.1 Å². The van der Waals surface area contributed by atoms with E-state index in [1.165, 1.54) is 0 Å². The summed E-state index contributed by atoms with van der Waals surface area (Å²) in [7, 11) is 0. The van der Waals surface area contributed by atoms with Gasteiger partial charge in [-0.2, -0.15) is 0 Å². The topological polar surface area (TPSA) is 44.8 Å². The van der Waals surface area contributed by atoms with E-state index in [4.69, 9.17) is 9.47 Å². The number of benzene rings is 1. The summed E-state index contributed by atoms with van der Waals surface area (Å²) in [5, 5.41) is 0. The van der Waals surface area contributed by atoms with E-state index in [0.717, 1.165) is 16.9 Å². The number of rotatable bonds is 3. The zero-order chi connectivity index (χ0) is 11.5. The highest BCUT2D eigenvalue weighted by Gasteiger charge is 2.25. The normalized spacial score (nSPS) is 19.1. The average Bonchev–Trinajstić information content (AvgIpc) is 2.60. The monoisotopic (exact) mass is 222 g/mol. The number of cyclic esters (lactones) is 2. The Kier molecular flexibility index (Phi) is 2.99. The Morgan fingerprint density at radius 2 is 2.00 bits per heavy atom. The van der Waals surface area contributed by atoms with Crippen molar-refractivity contribution < 1.29 is 19.0 Å². The Labute approximate surface area is 94.1 Å². The van der Waals surface area contributed by atoms with Crippen molar-refractivity contribution in [1.29, 1.82) is 0 Å². The van der Waals surface area contributed by atoms with Crippen molar-refractivity contribution in [1.82, 2.24) is 0 Å². The summed E-state index contributed by atoms with van der Waals surface area (Å²) in [6, 6.07) is 5.97. The van der Waals surface area contributed by atoms with E-state index in [0.29, 0.717) is 6.61 Å². The number of hydrogen-bond acceptors (Lipinski definition) is 4. The minimum absolute atomic E-state index is 0.267. The SMILES string of the molecule is Cc1cc(C)cc(OCC2COC(=O)O2)c1. The molecule has 1 aliphatic rings. The van der Waals surface area contributed by atoms with Crippen molar-refractivity contribution in [2.75, 3.05) is 13.2 Å². The van der Waals surface area contributed by atoms with Gasteiger partial charge in [-0.3, -0.25) is 0 Å². The highest BCUT2D eigenvalue weighted by atomic mass is 16.8. The molecule has 16 heavy (non-hydrogen) atoms. The molecule has 0 aliphatic carbocycles. The van der Waals surface area contributed by atoms with Gasteiger partial charge in [0.25, 0.3) is 0 Å². The summed E-state index contributed by atoms with van der Waals surface area (Å²) in [6.07, 6.45) is -0.914. The molecule has 4 nitrogen and oxygen atoms in total. The Balaban J connectivity index is 1.91. The molecule has 1 aromatic rings. The van der Waals surface area contributed by atoms with Gasteiger partial charge in [0.05, 0.1) is 0 Å². The van der Waals surface area contributed by atoms with E-state index in [-0.39, 0.29) is 12.7 Å². The smallest absolute Gasteiger partial charge is 0.490 e. The van der Waals surface area contributed by atoms with Gasteiger partial charge in [0.1, 0.15) is 19.0 Å². The number of aryl methyl sites for hydroxylation is 2. The second-order valence-corrected chi connectivity index (χ2v) is 3.94. The molecular formula is C12H14O4. The Morgan fingerprint density at radius 3 is 2.56 bits per heavy atom. The van der Waals surface area contributed by atoms with Gasteiger partial charge >= 0.3 is 6.16 Å². The summed E-state index contributed by atoms with van der Waals surface area (Å²) in [5.74, 6) is 0.792. The summed E-state index contributed by atoms with van der Waals surface area (Å²) in [5.41, 5.74) is 2.30. The third-order valence-corrected chi connectivity index (χ3v) is 2.28. The van der Waals surface area contributed by atoms with E-state index >= 15 is 0 Å². The zero-order valence-corrected chi connectivity index (χ0v) is 9.36. The lowest BCUT2D eigenvalue weighted by molar-refractivity contribution is 0.0983. The number of carbonyl (C=O) groups is 1. The molecule has 0 aromatic heterocycles. The van der Waals surface area contributed by atoms with Gasteiger partial charge in [0.15, 0.2) is 6.10 Å². The Bertz CT molecular complexity index is 380. The molecule has 1 fully saturated rings. The summed E-state index contributed by atoms with van der Waals surface area (Å²) < 4.78 is 15.1. The average molecular weight is 222 g/mol. The minimum Gasteiger partial charge on any atom is -0.490 e. The van der Waals surface area contributed by atoms with Crippen LogP contribution in [0.4, 0.5) is 4.79 Å². The van der Waals surface area contributed by atoms with Crippen molar-refractivity contribution >= 4 is 6.16 Å². The van der Waals surface area contributed by atoms with Crippen LogP contribution in [0.5, 0.6) is 5.75 Å². The molecule has 0 N–H and O–H groups in total. The second kappa shape index (κ2) is 4.43. The van der Waals surface area contributed by atoms with Crippen LogP contribution in [-0.4, -0.2) is 25.5 Å². The number of carbonyl (C=O) groups excluding carboxylic acids is 1.